The molecule has 2 aromatic carbocycles. The van der Waals surface area contributed by atoms with Crippen molar-refractivity contribution in [3.05, 3.63) is 59.7 Å². The maximum Gasteiger partial charge on any atom is 0.259 e. The lowest BCUT2D eigenvalue weighted by molar-refractivity contribution is -0.117. The van der Waals surface area contributed by atoms with E-state index in [4.69, 9.17) is 5.73 Å². The van der Waals surface area contributed by atoms with E-state index in [0.29, 0.717) is 35.6 Å². The topological polar surface area (TPSA) is 105 Å². The van der Waals surface area contributed by atoms with Crippen LogP contribution in [0.25, 0.3) is 0 Å². The molecule has 0 fully saturated rings. The number of rotatable bonds is 5. The number of benzene rings is 2. The Morgan fingerprint density at radius 3 is 2.48 bits per heavy atom. The van der Waals surface area contributed by atoms with Crippen molar-refractivity contribution in [3.8, 4) is 0 Å². The highest BCUT2D eigenvalue weighted by Gasteiger charge is 2.34. The Kier molecular flexibility index (Phi) is 5.70. The molecule has 3 rings (SSSR count). The molecule has 0 saturated carbocycles. The number of amides is 3. The fraction of sp³-hybridized carbons (Fsp3) is 0.318. The summed E-state index contributed by atoms with van der Waals surface area (Å²) in [5, 5.41) is 5.66. The molecule has 1 atom stereocenters. The van der Waals surface area contributed by atoms with Gasteiger partial charge in [0, 0.05) is 17.7 Å². The van der Waals surface area contributed by atoms with Crippen LogP contribution in [0.4, 0.5) is 11.4 Å². The van der Waals surface area contributed by atoms with Crippen molar-refractivity contribution in [1.82, 2.24) is 5.32 Å². The van der Waals surface area contributed by atoms with Crippen LogP contribution < -0.4 is 21.3 Å². The number of hydrogen-bond acceptors (Lipinski definition) is 4. The molecule has 7 nitrogen and oxygen atoms in total. The lowest BCUT2D eigenvalue weighted by Gasteiger charge is -2.34. The molecule has 7 heteroatoms. The van der Waals surface area contributed by atoms with Gasteiger partial charge < -0.3 is 16.4 Å². The minimum absolute atomic E-state index is 0.216. The van der Waals surface area contributed by atoms with Crippen molar-refractivity contribution in [3.63, 3.8) is 0 Å². The fourth-order valence-corrected chi connectivity index (χ4v) is 3.05. The van der Waals surface area contributed by atoms with Crippen molar-refractivity contribution >= 4 is 29.1 Å². The summed E-state index contributed by atoms with van der Waals surface area (Å²) in [4.78, 5) is 39.5. The number of fused-ring (bicyclic) bond motifs is 1. The summed E-state index contributed by atoms with van der Waals surface area (Å²) < 4.78 is 0. The van der Waals surface area contributed by atoms with Crippen LogP contribution in [0.15, 0.2) is 48.5 Å². The van der Waals surface area contributed by atoms with E-state index in [1.807, 2.05) is 19.9 Å². The second-order valence-electron chi connectivity index (χ2n) is 7.99. The predicted molar refractivity (Wildman–Crippen MR) is 113 cm³/mol. The second-order valence-corrected chi connectivity index (χ2v) is 7.99. The van der Waals surface area contributed by atoms with Crippen molar-refractivity contribution in [2.75, 3.05) is 23.3 Å². The number of carbonyl (C=O) groups excluding carboxylic acids is 3. The van der Waals surface area contributed by atoms with E-state index in [9.17, 15) is 14.4 Å². The first-order valence-corrected chi connectivity index (χ1v) is 9.55. The van der Waals surface area contributed by atoms with Gasteiger partial charge in [-0.25, -0.2) is 0 Å². The first-order valence-electron chi connectivity index (χ1n) is 9.55. The third-order valence-corrected chi connectivity index (χ3v) is 5.06. The zero-order chi connectivity index (χ0) is 21.2. The number of nitrogens with one attached hydrogen (secondary N) is 2. The van der Waals surface area contributed by atoms with Crippen LogP contribution in [0.3, 0.4) is 0 Å². The van der Waals surface area contributed by atoms with Crippen LogP contribution in [-0.4, -0.2) is 36.9 Å². The molecule has 0 radical (unpaired) electrons. The van der Waals surface area contributed by atoms with Gasteiger partial charge in [0.2, 0.25) is 5.91 Å². The minimum atomic E-state index is -0.666. The fourth-order valence-electron chi connectivity index (χ4n) is 3.05. The zero-order valence-electron chi connectivity index (χ0n) is 16.9. The molecular formula is C22H26N4O3. The van der Waals surface area contributed by atoms with E-state index >= 15 is 0 Å². The first kappa shape index (κ1) is 20.5. The van der Waals surface area contributed by atoms with Crippen LogP contribution in [0.1, 0.15) is 41.5 Å². The third-order valence-electron chi connectivity index (χ3n) is 5.06. The van der Waals surface area contributed by atoms with Crippen molar-refractivity contribution < 1.29 is 14.4 Å². The third kappa shape index (κ3) is 4.30. The molecule has 0 aromatic heterocycles. The zero-order valence-corrected chi connectivity index (χ0v) is 16.9. The first-order chi connectivity index (χ1) is 13.7. The van der Waals surface area contributed by atoms with E-state index in [-0.39, 0.29) is 23.1 Å². The van der Waals surface area contributed by atoms with Crippen molar-refractivity contribution in [2.45, 2.75) is 26.8 Å². The molecule has 2 aromatic rings. The number of nitrogens with two attached hydrogens (primary N) is 1. The molecule has 0 bridgehead atoms. The summed E-state index contributed by atoms with van der Waals surface area (Å²) in [6.45, 7) is 6.49. The summed E-state index contributed by atoms with van der Waals surface area (Å²) in [6, 6.07) is 13.1. The van der Waals surface area contributed by atoms with Crippen LogP contribution in [0, 0.1) is 5.41 Å². The minimum Gasteiger partial charge on any atom is -0.351 e. The van der Waals surface area contributed by atoms with Gasteiger partial charge in [0.05, 0.1) is 11.4 Å². The van der Waals surface area contributed by atoms with Gasteiger partial charge in [-0.1, -0.05) is 32.0 Å². The normalized spacial score (nSPS) is 16.1. The van der Waals surface area contributed by atoms with Gasteiger partial charge in [-0.15, -0.1) is 0 Å². The highest BCUT2D eigenvalue weighted by molar-refractivity contribution is 6.17. The highest BCUT2D eigenvalue weighted by atomic mass is 16.2. The summed E-state index contributed by atoms with van der Waals surface area (Å²) in [5.41, 5.74) is 7.38. The lowest BCUT2D eigenvalue weighted by Crippen LogP contribution is -2.49. The van der Waals surface area contributed by atoms with Gasteiger partial charge in [-0.05, 0) is 49.2 Å². The van der Waals surface area contributed by atoms with E-state index in [1.165, 1.54) is 4.90 Å². The largest absolute Gasteiger partial charge is 0.351 e. The Hall–Kier alpha value is -3.19. The van der Waals surface area contributed by atoms with Gasteiger partial charge in [-0.3, -0.25) is 19.3 Å². The highest BCUT2D eigenvalue weighted by Crippen LogP contribution is 2.34. The van der Waals surface area contributed by atoms with Gasteiger partial charge in [0.25, 0.3) is 11.8 Å². The van der Waals surface area contributed by atoms with Crippen LogP contribution in [0.2, 0.25) is 0 Å². The van der Waals surface area contributed by atoms with Crippen molar-refractivity contribution in [1.29, 1.82) is 0 Å². The van der Waals surface area contributed by atoms with Crippen LogP contribution in [0.5, 0.6) is 0 Å². The molecule has 29 heavy (non-hydrogen) atoms. The quantitative estimate of drug-likeness (QED) is 0.724. The number of carbonyl (C=O) groups is 3. The van der Waals surface area contributed by atoms with Crippen molar-refractivity contribution in [2.24, 2.45) is 11.1 Å². The maximum atomic E-state index is 13.0. The molecule has 1 unspecified atom stereocenters. The maximum absolute atomic E-state index is 13.0. The standard InChI is InChI=1S/C22H26N4O3/c1-14-19(27)25-17-11-16(20(28)24-13-22(2,3)12-23)9-10-18(17)26(14)21(29)15-7-5-4-6-8-15/h4-11,14H,12-13,23H2,1-3H3,(H,24,28)(H,25,27). The Bertz CT molecular complexity index is 940. The Morgan fingerprint density at radius 2 is 1.83 bits per heavy atom. The van der Waals surface area contributed by atoms with E-state index in [1.54, 1.807) is 49.4 Å². The second kappa shape index (κ2) is 8.05. The molecule has 0 saturated heterocycles. The SMILES string of the molecule is CC1C(=O)Nc2cc(C(=O)NCC(C)(C)CN)ccc2N1C(=O)c1ccccc1. The Morgan fingerprint density at radius 1 is 1.14 bits per heavy atom. The smallest absolute Gasteiger partial charge is 0.259 e. The average Bonchev–Trinajstić information content (AvgIpc) is 2.73. The van der Waals surface area contributed by atoms with Crippen LogP contribution in [-0.2, 0) is 4.79 Å². The number of anilines is 2. The molecule has 3 amide bonds. The predicted octanol–water partition coefficient (Wildman–Crippen LogP) is 2.39. The summed E-state index contributed by atoms with van der Waals surface area (Å²) >= 11 is 0. The number of hydrogen-bond donors (Lipinski definition) is 3. The molecule has 152 valence electrons. The van der Waals surface area contributed by atoms with E-state index in [0.717, 1.165) is 0 Å². The van der Waals surface area contributed by atoms with Gasteiger partial charge in [0.15, 0.2) is 0 Å². The molecule has 1 aliphatic rings. The van der Waals surface area contributed by atoms with Gasteiger partial charge in [-0.2, -0.15) is 0 Å². The van der Waals surface area contributed by atoms with E-state index < -0.39 is 6.04 Å². The summed E-state index contributed by atoms with van der Waals surface area (Å²) in [7, 11) is 0. The van der Waals surface area contributed by atoms with E-state index in [2.05, 4.69) is 10.6 Å². The Balaban J connectivity index is 1.89. The van der Waals surface area contributed by atoms with Crippen LogP contribution >= 0.6 is 0 Å². The lowest BCUT2D eigenvalue weighted by atomic mass is 9.94. The summed E-state index contributed by atoms with van der Waals surface area (Å²) in [6.07, 6.45) is 0. The average molecular weight is 394 g/mol. The summed E-state index contributed by atoms with van der Waals surface area (Å²) in [5.74, 6) is -0.831. The Labute approximate surface area is 170 Å². The molecular weight excluding hydrogens is 368 g/mol. The van der Waals surface area contributed by atoms with Gasteiger partial charge in [0.1, 0.15) is 6.04 Å². The number of nitrogens with zero attached hydrogens (tertiary/aromatic N) is 1. The monoisotopic (exact) mass is 394 g/mol. The van der Waals surface area contributed by atoms with Gasteiger partial charge >= 0.3 is 0 Å². The molecule has 1 heterocycles. The molecule has 0 aliphatic carbocycles. The molecule has 0 spiro atoms. The molecule has 1 aliphatic heterocycles. The molecule has 4 N–H and O–H groups in total.